The fourth-order valence-electron chi connectivity index (χ4n) is 10.3. The van der Waals surface area contributed by atoms with E-state index in [1.165, 1.54) is 84.6 Å². The minimum Gasteiger partial charge on any atom is -0.166 e. The van der Waals surface area contributed by atoms with Gasteiger partial charge in [-0.25, -0.2) is 0 Å². The van der Waals surface area contributed by atoms with Gasteiger partial charge in [0.2, 0.25) is 0 Å². The number of benzene rings is 6. The third-order valence-electron chi connectivity index (χ3n) is 13.2. The summed E-state index contributed by atoms with van der Waals surface area (Å²) < 4.78 is 40.6. The summed E-state index contributed by atoms with van der Waals surface area (Å²) in [5.41, 5.74) is 10.7. The molecule has 3 unspecified atom stereocenters. The van der Waals surface area contributed by atoms with Gasteiger partial charge in [-0.1, -0.05) is 132 Å². The van der Waals surface area contributed by atoms with E-state index in [0.717, 1.165) is 31.2 Å². The van der Waals surface area contributed by atoms with Crippen LogP contribution in [-0.4, -0.2) is 0 Å². The van der Waals surface area contributed by atoms with Crippen LogP contribution in [0.15, 0.2) is 109 Å². The Morgan fingerprint density at radius 2 is 1.35 bits per heavy atom. The van der Waals surface area contributed by atoms with Gasteiger partial charge in [0.1, 0.15) is 0 Å². The van der Waals surface area contributed by atoms with Crippen LogP contribution in [0.1, 0.15) is 92.7 Å². The minimum absolute atomic E-state index is 0.0308. The average molecular weight is 651 g/mol. The van der Waals surface area contributed by atoms with E-state index in [1.807, 2.05) is 0 Å². The van der Waals surface area contributed by atoms with Crippen LogP contribution in [0.5, 0.6) is 0 Å². The standard InChI is InChI=1S/C46H41F3/c1-43(2)39-22-21-36-34-10-6-5-9-28(34)13-19-37(36)41(39)38-20-15-31(26-40(38)43)30-14-18-35-32(25-30)27-44(3)23-7-8-24-45(44,4)42(35)29-11-16-33(17-12-29)46(47,48)49/h5-6,9-22,25-26,42H,7-8,23-24,27H2,1-4H3. The molecule has 9 rings (SSSR count). The van der Waals surface area contributed by atoms with E-state index in [2.05, 4.69) is 113 Å². The SMILES string of the molecule is CC1(C)c2cc(-c3ccc4c(c3)CC3(C)CCCCC3(C)C4c3ccc(C(F)(F)F)cc3)ccc2-c2c1ccc1c2ccc2ccccc21. The first-order valence-electron chi connectivity index (χ1n) is 17.8. The fourth-order valence-corrected chi connectivity index (χ4v) is 10.3. The van der Waals surface area contributed by atoms with Crippen LogP contribution in [-0.2, 0) is 18.0 Å². The first kappa shape index (κ1) is 30.7. The number of fused-ring (bicyclic) bond motifs is 9. The van der Waals surface area contributed by atoms with E-state index in [9.17, 15) is 13.2 Å². The zero-order valence-corrected chi connectivity index (χ0v) is 28.6. The molecule has 0 heterocycles. The zero-order chi connectivity index (χ0) is 33.9. The van der Waals surface area contributed by atoms with E-state index in [1.54, 1.807) is 12.1 Å². The van der Waals surface area contributed by atoms with Gasteiger partial charge in [-0.3, -0.25) is 0 Å². The van der Waals surface area contributed by atoms with Crippen LogP contribution in [0.4, 0.5) is 13.2 Å². The molecule has 0 nitrogen and oxygen atoms in total. The van der Waals surface area contributed by atoms with Gasteiger partial charge < -0.3 is 0 Å². The number of hydrogen-bond donors (Lipinski definition) is 0. The van der Waals surface area contributed by atoms with Gasteiger partial charge >= 0.3 is 6.18 Å². The lowest BCUT2D eigenvalue weighted by Crippen LogP contribution is -2.49. The van der Waals surface area contributed by atoms with Crippen molar-refractivity contribution in [2.75, 3.05) is 0 Å². The average Bonchev–Trinajstić information content (AvgIpc) is 3.32. The molecule has 0 bridgehead atoms. The number of hydrogen-bond acceptors (Lipinski definition) is 0. The van der Waals surface area contributed by atoms with E-state index >= 15 is 0 Å². The Kier molecular flexibility index (Phi) is 6.46. The third-order valence-corrected chi connectivity index (χ3v) is 13.2. The Hall–Kier alpha value is -4.37. The molecule has 0 amide bonds. The molecule has 49 heavy (non-hydrogen) atoms. The topological polar surface area (TPSA) is 0 Å². The molecule has 0 aromatic heterocycles. The summed E-state index contributed by atoms with van der Waals surface area (Å²) >= 11 is 0. The molecule has 3 heteroatoms. The van der Waals surface area contributed by atoms with Crippen LogP contribution in [0.2, 0.25) is 0 Å². The number of halogens is 3. The van der Waals surface area contributed by atoms with Crippen molar-refractivity contribution in [2.24, 2.45) is 10.8 Å². The normalized spacial score (nSPS) is 23.9. The van der Waals surface area contributed by atoms with Crippen molar-refractivity contribution < 1.29 is 13.2 Å². The summed E-state index contributed by atoms with van der Waals surface area (Å²) in [4.78, 5) is 0. The van der Waals surface area contributed by atoms with Crippen molar-refractivity contribution in [1.29, 1.82) is 0 Å². The highest BCUT2D eigenvalue weighted by Gasteiger charge is 2.54. The first-order chi connectivity index (χ1) is 23.4. The Morgan fingerprint density at radius 3 is 2.14 bits per heavy atom. The Balaban J connectivity index is 1.16. The summed E-state index contributed by atoms with van der Waals surface area (Å²) in [5, 5.41) is 5.16. The fraction of sp³-hybridized carbons (Fsp3) is 0.304. The van der Waals surface area contributed by atoms with Crippen molar-refractivity contribution in [2.45, 2.75) is 77.3 Å². The van der Waals surface area contributed by atoms with Gasteiger partial charge in [-0.2, -0.15) is 13.2 Å². The van der Waals surface area contributed by atoms with E-state index < -0.39 is 11.7 Å². The molecule has 0 aliphatic heterocycles. The summed E-state index contributed by atoms with van der Waals surface area (Å²) in [5.74, 6) is 0.0516. The highest BCUT2D eigenvalue weighted by Crippen LogP contribution is 2.64. The van der Waals surface area contributed by atoms with E-state index in [-0.39, 0.29) is 22.2 Å². The maximum absolute atomic E-state index is 13.5. The Morgan fingerprint density at radius 1 is 0.633 bits per heavy atom. The van der Waals surface area contributed by atoms with Gasteiger partial charge in [-0.05, 0) is 120 Å². The Bertz CT molecular complexity index is 2310. The molecule has 0 saturated heterocycles. The third kappa shape index (κ3) is 4.36. The second-order valence-electron chi connectivity index (χ2n) is 16.1. The van der Waals surface area contributed by atoms with Gasteiger partial charge in [0.25, 0.3) is 0 Å². The molecule has 0 spiro atoms. The predicted octanol–water partition coefficient (Wildman–Crippen LogP) is 13.3. The molecule has 0 radical (unpaired) electrons. The lowest BCUT2D eigenvalue weighted by molar-refractivity contribution is -0.137. The molecule has 3 aliphatic rings. The summed E-state index contributed by atoms with van der Waals surface area (Å²) in [6.45, 7) is 9.53. The van der Waals surface area contributed by atoms with Crippen molar-refractivity contribution >= 4 is 21.5 Å². The number of alkyl halides is 3. The highest BCUT2D eigenvalue weighted by atomic mass is 19.4. The van der Waals surface area contributed by atoms with Gasteiger partial charge in [0.05, 0.1) is 5.56 Å². The van der Waals surface area contributed by atoms with Crippen LogP contribution in [0, 0.1) is 10.8 Å². The molecule has 1 fully saturated rings. The largest absolute Gasteiger partial charge is 0.416 e. The lowest BCUT2D eigenvalue weighted by Gasteiger charge is -2.58. The molecule has 6 aromatic carbocycles. The van der Waals surface area contributed by atoms with Crippen LogP contribution in [0.25, 0.3) is 43.8 Å². The van der Waals surface area contributed by atoms with Gasteiger partial charge in [0, 0.05) is 11.3 Å². The van der Waals surface area contributed by atoms with Gasteiger partial charge in [-0.15, -0.1) is 0 Å². The van der Waals surface area contributed by atoms with Crippen molar-refractivity contribution in [3.63, 3.8) is 0 Å². The molecule has 3 aliphatic carbocycles. The molecule has 3 atom stereocenters. The van der Waals surface area contributed by atoms with Crippen LogP contribution < -0.4 is 0 Å². The maximum atomic E-state index is 13.5. The molecule has 0 N–H and O–H groups in total. The molecule has 246 valence electrons. The minimum atomic E-state index is -4.34. The monoisotopic (exact) mass is 650 g/mol. The quantitative estimate of drug-likeness (QED) is 0.164. The summed E-state index contributed by atoms with van der Waals surface area (Å²) in [6.07, 6.45) is 1.24. The van der Waals surface area contributed by atoms with Gasteiger partial charge in [0.15, 0.2) is 0 Å². The van der Waals surface area contributed by atoms with Crippen molar-refractivity contribution in [3.05, 3.63) is 143 Å². The van der Waals surface area contributed by atoms with Crippen LogP contribution in [0.3, 0.4) is 0 Å². The molecule has 6 aromatic rings. The van der Waals surface area contributed by atoms with E-state index in [4.69, 9.17) is 0 Å². The van der Waals surface area contributed by atoms with Crippen molar-refractivity contribution in [3.8, 4) is 22.3 Å². The Labute approximate surface area is 287 Å². The zero-order valence-electron chi connectivity index (χ0n) is 28.6. The lowest BCUT2D eigenvalue weighted by atomic mass is 9.46. The van der Waals surface area contributed by atoms with Crippen molar-refractivity contribution in [1.82, 2.24) is 0 Å². The molecular formula is C46H41F3. The van der Waals surface area contributed by atoms with Crippen LogP contribution >= 0.6 is 0 Å². The maximum Gasteiger partial charge on any atom is 0.416 e. The predicted molar refractivity (Wildman–Crippen MR) is 196 cm³/mol. The first-order valence-corrected chi connectivity index (χ1v) is 17.8. The molecule has 1 saturated carbocycles. The summed E-state index contributed by atoms with van der Waals surface area (Å²) in [7, 11) is 0. The molecular weight excluding hydrogens is 610 g/mol. The summed E-state index contributed by atoms with van der Waals surface area (Å²) in [6, 6.07) is 37.8. The second-order valence-corrected chi connectivity index (χ2v) is 16.1. The van der Waals surface area contributed by atoms with E-state index in [0.29, 0.717) is 0 Å². The number of rotatable bonds is 2. The smallest absolute Gasteiger partial charge is 0.166 e. The highest BCUT2D eigenvalue weighted by molar-refractivity contribution is 6.14. The second kappa shape index (κ2) is 10.3.